The maximum atomic E-state index is 10.4. The summed E-state index contributed by atoms with van der Waals surface area (Å²) in [5, 5.41) is 9.41. The molecule has 0 aliphatic rings. The minimum atomic E-state index is -0.793. The first-order valence-corrected chi connectivity index (χ1v) is 5.64. The van der Waals surface area contributed by atoms with Crippen molar-refractivity contribution in [1.82, 2.24) is 9.97 Å². The first-order chi connectivity index (χ1) is 7.75. The molecule has 1 N–H and O–H groups in total. The molecule has 4 nitrogen and oxygen atoms in total. The van der Waals surface area contributed by atoms with E-state index in [0.29, 0.717) is 6.42 Å². The van der Waals surface area contributed by atoms with E-state index in [1.807, 2.05) is 12.1 Å². The van der Waals surface area contributed by atoms with Crippen molar-refractivity contribution in [1.29, 1.82) is 0 Å². The van der Waals surface area contributed by atoms with Crippen molar-refractivity contribution in [3.8, 4) is 10.4 Å². The first-order valence-electron chi connectivity index (χ1n) is 4.82. The van der Waals surface area contributed by atoms with Crippen molar-refractivity contribution >= 4 is 17.3 Å². The number of carbonyl (C=O) groups is 1. The van der Waals surface area contributed by atoms with Gasteiger partial charge in [0, 0.05) is 30.6 Å². The van der Waals surface area contributed by atoms with Crippen LogP contribution in [-0.4, -0.2) is 21.0 Å². The van der Waals surface area contributed by atoms with Gasteiger partial charge in [-0.1, -0.05) is 6.07 Å². The topological polar surface area (TPSA) is 63.1 Å². The van der Waals surface area contributed by atoms with E-state index in [9.17, 15) is 4.79 Å². The number of nitrogens with zero attached hydrogens (tertiary/aromatic N) is 2. The second-order valence-corrected chi connectivity index (χ2v) is 4.37. The number of thiazole rings is 1. The van der Waals surface area contributed by atoms with Crippen molar-refractivity contribution < 1.29 is 9.90 Å². The zero-order valence-electron chi connectivity index (χ0n) is 8.46. The molecule has 0 aliphatic carbocycles. The lowest BCUT2D eigenvalue weighted by molar-refractivity contribution is -0.136. The van der Waals surface area contributed by atoms with Crippen molar-refractivity contribution in [2.45, 2.75) is 12.8 Å². The molecule has 5 heteroatoms. The Balaban J connectivity index is 2.11. The molecule has 0 spiro atoms. The van der Waals surface area contributed by atoms with Gasteiger partial charge in [0.05, 0.1) is 16.3 Å². The smallest absolute Gasteiger partial charge is 0.303 e. The Morgan fingerprint density at radius 2 is 2.31 bits per heavy atom. The monoisotopic (exact) mass is 234 g/mol. The highest BCUT2D eigenvalue weighted by Gasteiger charge is 2.06. The van der Waals surface area contributed by atoms with Gasteiger partial charge in [-0.2, -0.15) is 0 Å². The van der Waals surface area contributed by atoms with Gasteiger partial charge in [0.25, 0.3) is 0 Å². The molecular weight excluding hydrogens is 224 g/mol. The molecule has 0 saturated heterocycles. The van der Waals surface area contributed by atoms with E-state index >= 15 is 0 Å². The largest absolute Gasteiger partial charge is 0.481 e. The number of rotatable bonds is 4. The van der Waals surface area contributed by atoms with Crippen molar-refractivity contribution in [2.75, 3.05) is 0 Å². The van der Waals surface area contributed by atoms with Gasteiger partial charge in [-0.15, -0.1) is 11.3 Å². The van der Waals surface area contributed by atoms with Crippen LogP contribution in [0.25, 0.3) is 10.4 Å². The predicted molar refractivity (Wildman–Crippen MR) is 61.3 cm³/mol. The molecule has 0 aliphatic heterocycles. The fraction of sp³-hybridized carbons (Fsp3) is 0.182. The van der Waals surface area contributed by atoms with Crippen molar-refractivity contribution in [3.05, 3.63) is 35.7 Å². The Hall–Kier alpha value is -1.75. The van der Waals surface area contributed by atoms with Gasteiger partial charge in [-0.05, 0) is 6.07 Å². The highest BCUT2D eigenvalue weighted by Crippen LogP contribution is 2.25. The van der Waals surface area contributed by atoms with E-state index in [-0.39, 0.29) is 6.42 Å². The first kappa shape index (κ1) is 10.8. The molecule has 0 unspecified atom stereocenters. The second kappa shape index (κ2) is 4.85. The zero-order chi connectivity index (χ0) is 11.4. The van der Waals surface area contributed by atoms with Crippen LogP contribution in [0.3, 0.4) is 0 Å². The number of hydrogen-bond acceptors (Lipinski definition) is 4. The fourth-order valence-corrected chi connectivity index (χ4v) is 2.19. The Morgan fingerprint density at radius 3 is 3.00 bits per heavy atom. The quantitative estimate of drug-likeness (QED) is 0.881. The molecule has 2 aromatic rings. The minimum absolute atomic E-state index is 0.125. The van der Waals surface area contributed by atoms with Crippen LogP contribution in [0, 0.1) is 0 Å². The molecule has 16 heavy (non-hydrogen) atoms. The molecule has 2 aromatic heterocycles. The standard InChI is InChI=1S/C11H10N2O2S/c14-11(15)4-3-10-13-7-9(16-10)8-2-1-5-12-6-8/h1-2,5-7H,3-4H2,(H,14,15). The van der Waals surface area contributed by atoms with Gasteiger partial charge in [0.15, 0.2) is 0 Å². The summed E-state index contributed by atoms with van der Waals surface area (Å²) in [6.07, 6.45) is 5.86. The second-order valence-electron chi connectivity index (χ2n) is 3.25. The molecule has 0 atom stereocenters. The lowest BCUT2D eigenvalue weighted by Gasteiger charge is -1.93. The summed E-state index contributed by atoms with van der Waals surface area (Å²) >= 11 is 1.51. The molecule has 2 rings (SSSR count). The Morgan fingerprint density at radius 1 is 1.44 bits per heavy atom. The Kier molecular flexibility index (Phi) is 3.26. The third-order valence-electron chi connectivity index (χ3n) is 2.05. The molecular formula is C11H10N2O2S. The summed E-state index contributed by atoms with van der Waals surface area (Å²) in [5.41, 5.74) is 1.02. The van der Waals surface area contributed by atoms with Crippen LogP contribution in [0.5, 0.6) is 0 Å². The van der Waals surface area contributed by atoms with Gasteiger partial charge < -0.3 is 5.11 Å². The normalized spacial score (nSPS) is 10.2. The van der Waals surface area contributed by atoms with Gasteiger partial charge in [0.2, 0.25) is 0 Å². The third-order valence-corrected chi connectivity index (χ3v) is 3.16. The average molecular weight is 234 g/mol. The van der Waals surface area contributed by atoms with Crippen LogP contribution in [0.15, 0.2) is 30.7 Å². The summed E-state index contributed by atoms with van der Waals surface area (Å²) in [5.74, 6) is -0.793. The predicted octanol–water partition coefficient (Wildman–Crippen LogP) is 2.22. The number of aliphatic carboxylic acids is 1. The number of aryl methyl sites for hydroxylation is 1. The summed E-state index contributed by atoms with van der Waals surface area (Å²) in [4.78, 5) is 19.7. The summed E-state index contributed by atoms with van der Waals surface area (Å²) in [6, 6.07) is 3.83. The third kappa shape index (κ3) is 2.64. The Labute approximate surface area is 96.6 Å². The highest BCUT2D eigenvalue weighted by atomic mass is 32.1. The number of carboxylic acid groups (broad SMARTS) is 1. The molecule has 0 radical (unpaired) electrons. The minimum Gasteiger partial charge on any atom is -0.481 e. The Bertz CT molecular complexity index is 482. The summed E-state index contributed by atoms with van der Waals surface area (Å²) in [6.45, 7) is 0. The molecule has 0 fully saturated rings. The van der Waals surface area contributed by atoms with Gasteiger partial charge in [-0.25, -0.2) is 4.98 Å². The van der Waals surface area contributed by atoms with E-state index in [0.717, 1.165) is 15.4 Å². The maximum Gasteiger partial charge on any atom is 0.303 e. The van der Waals surface area contributed by atoms with Crippen molar-refractivity contribution in [3.63, 3.8) is 0 Å². The number of aromatic nitrogens is 2. The van der Waals surface area contributed by atoms with E-state index in [1.54, 1.807) is 18.6 Å². The van der Waals surface area contributed by atoms with E-state index in [4.69, 9.17) is 5.11 Å². The van der Waals surface area contributed by atoms with Crippen LogP contribution in [0.1, 0.15) is 11.4 Å². The molecule has 0 bridgehead atoms. The number of carboxylic acids is 1. The molecule has 0 saturated carbocycles. The van der Waals surface area contributed by atoms with Crippen LogP contribution >= 0.6 is 11.3 Å². The molecule has 82 valence electrons. The van der Waals surface area contributed by atoms with Crippen LogP contribution in [0.2, 0.25) is 0 Å². The highest BCUT2D eigenvalue weighted by molar-refractivity contribution is 7.15. The van der Waals surface area contributed by atoms with Crippen LogP contribution in [0.4, 0.5) is 0 Å². The summed E-state index contributed by atoms with van der Waals surface area (Å²) in [7, 11) is 0. The number of hydrogen-bond donors (Lipinski definition) is 1. The van der Waals surface area contributed by atoms with Crippen LogP contribution in [-0.2, 0) is 11.2 Å². The average Bonchev–Trinajstić information content (AvgIpc) is 2.76. The van der Waals surface area contributed by atoms with E-state index in [2.05, 4.69) is 9.97 Å². The summed E-state index contributed by atoms with van der Waals surface area (Å²) < 4.78 is 0. The van der Waals surface area contributed by atoms with Crippen LogP contribution < -0.4 is 0 Å². The lowest BCUT2D eigenvalue weighted by Crippen LogP contribution is -1.96. The van der Waals surface area contributed by atoms with Gasteiger partial charge in [0.1, 0.15) is 0 Å². The van der Waals surface area contributed by atoms with E-state index < -0.39 is 5.97 Å². The molecule has 0 amide bonds. The van der Waals surface area contributed by atoms with E-state index in [1.165, 1.54) is 11.3 Å². The zero-order valence-corrected chi connectivity index (χ0v) is 9.28. The molecule has 2 heterocycles. The number of pyridine rings is 1. The van der Waals surface area contributed by atoms with Crippen molar-refractivity contribution in [2.24, 2.45) is 0 Å². The molecule has 0 aromatic carbocycles. The maximum absolute atomic E-state index is 10.4. The lowest BCUT2D eigenvalue weighted by atomic mass is 10.2. The van der Waals surface area contributed by atoms with Gasteiger partial charge in [-0.3, -0.25) is 9.78 Å². The van der Waals surface area contributed by atoms with Gasteiger partial charge >= 0.3 is 5.97 Å². The SMILES string of the molecule is O=C(O)CCc1ncc(-c2cccnc2)s1. The fourth-order valence-electron chi connectivity index (χ4n) is 1.28.